The zero-order chi connectivity index (χ0) is 39.3. The monoisotopic (exact) mass is 779 g/mol. The molecule has 0 aromatic heterocycles. The summed E-state index contributed by atoms with van der Waals surface area (Å²) in [5, 5.41) is 0. The van der Waals surface area contributed by atoms with Crippen LogP contribution in [0.1, 0.15) is 136 Å². The summed E-state index contributed by atoms with van der Waals surface area (Å²) >= 11 is 0. The van der Waals surface area contributed by atoms with Gasteiger partial charge in [-0.05, 0) is 19.3 Å². The predicted molar refractivity (Wildman–Crippen MR) is 212 cm³/mol. The molecule has 0 aromatic carbocycles. The molecule has 0 N–H and O–H groups in total. The van der Waals surface area contributed by atoms with E-state index in [1.54, 1.807) is 0 Å². The van der Waals surface area contributed by atoms with E-state index in [0.717, 1.165) is 38.5 Å². The van der Waals surface area contributed by atoms with Crippen LogP contribution < -0.4 is 0 Å². The van der Waals surface area contributed by atoms with Crippen molar-refractivity contribution in [1.29, 1.82) is 0 Å². The van der Waals surface area contributed by atoms with Crippen molar-refractivity contribution in [3.05, 3.63) is 0 Å². The van der Waals surface area contributed by atoms with Gasteiger partial charge in [-0.15, -0.1) is 0 Å². The molecule has 0 aliphatic rings. The smallest absolute Gasteiger partial charge is 0.308 e. The molecule has 1 atom stereocenters. The highest BCUT2D eigenvalue weighted by Crippen LogP contribution is 2.15. The van der Waals surface area contributed by atoms with Crippen LogP contribution in [0.3, 0.4) is 0 Å². The first-order valence-electron chi connectivity index (χ1n) is 21.6. The zero-order valence-corrected chi connectivity index (χ0v) is 34.9. The largest absolute Gasteiger partial charge is 0.463 e. The fourth-order valence-electron chi connectivity index (χ4n) is 5.47. The van der Waals surface area contributed by atoms with E-state index in [4.69, 9.17) is 47.4 Å². The lowest BCUT2D eigenvalue weighted by atomic mass is 10.00. The molecule has 0 aliphatic carbocycles. The van der Waals surface area contributed by atoms with Gasteiger partial charge in [-0.1, -0.05) is 111 Å². The first-order chi connectivity index (χ1) is 26.7. The van der Waals surface area contributed by atoms with Crippen molar-refractivity contribution in [2.75, 3.05) is 119 Å². The summed E-state index contributed by atoms with van der Waals surface area (Å²) in [4.78, 5) is 23.9. The quantitative estimate of drug-likeness (QED) is 0.0441. The number of unbranched alkanes of at least 4 members (excludes halogenated alkanes) is 13. The fraction of sp³-hybridized carbons (Fsp3) is 0.952. The SMILES string of the molecule is CCCCCCCCCCCCCCCC(=O)OCCOCCOCCOCCOCCOCCOCCOCCOCCOC(=O)C(CC)CCCC. The summed E-state index contributed by atoms with van der Waals surface area (Å²) in [6.07, 6.45) is 21.1. The minimum atomic E-state index is -0.134. The van der Waals surface area contributed by atoms with E-state index in [2.05, 4.69) is 13.8 Å². The number of carbonyl (C=O) groups is 2. The van der Waals surface area contributed by atoms with Crippen molar-refractivity contribution >= 4 is 11.9 Å². The molecule has 0 saturated carbocycles. The lowest BCUT2D eigenvalue weighted by molar-refractivity contribution is -0.150. The summed E-state index contributed by atoms with van der Waals surface area (Å²) < 4.78 is 54.4. The van der Waals surface area contributed by atoms with Gasteiger partial charge < -0.3 is 47.4 Å². The first kappa shape index (κ1) is 52.6. The van der Waals surface area contributed by atoms with Gasteiger partial charge in [-0.2, -0.15) is 0 Å². The molecule has 0 amide bonds. The minimum absolute atomic E-state index is 0.00521. The van der Waals surface area contributed by atoms with Crippen LogP contribution in [0.15, 0.2) is 0 Å². The van der Waals surface area contributed by atoms with Crippen molar-refractivity contribution in [3.8, 4) is 0 Å². The maximum Gasteiger partial charge on any atom is 0.308 e. The lowest BCUT2D eigenvalue weighted by Gasteiger charge is -2.13. The number of hydrogen-bond donors (Lipinski definition) is 0. The Bertz CT molecular complexity index is 757. The van der Waals surface area contributed by atoms with Crippen LogP contribution in [0, 0.1) is 5.92 Å². The molecule has 1 unspecified atom stereocenters. The lowest BCUT2D eigenvalue weighted by Crippen LogP contribution is -2.20. The number of rotatable bonds is 46. The van der Waals surface area contributed by atoms with Gasteiger partial charge in [-0.3, -0.25) is 9.59 Å². The van der Waals surface area contributed by atoms with Crippen molar-refractivity contribution < 1.29 is 57.0 Å². The first-order valence-corrected chi connectivity index (χ1v) is 21.6. The average molecular weight is 779 g/mol. The standard InChI is InChI=1S/C42H82O12/c1-4-7-9-10-11-12-13-14-15-16-17-18-19-21-41(43)53-38-36-51-34-32-49-30-28-47-26-24-45-22-23-46-25-27-48-29-31-50-33-35-52-37-39-54-42(44)40(6-3)20-8-5-2/h40H,4-39H2,1-3H3. The highest BCUT2D eigenvalue weighted by molar-refractivity contribution is 5.72. The fourth-order valence-corrected chi connectivity index (χ4v) is 5.47. The Labute approximate surface area is 329 Å². The number of hydrogen-bond acceptors (Lipinski definition) is 12. The van der Waals surface area contributed by atoms with Gasteiger partial charge in [-0.25, -0.2) is 0 Å². The van der Waals surface area contributed by atoms with Gasteiger partial charge in [0, 0.05) is 6.42 Å². The molecule has 0 aromatic rings. The van der Waals surface area contributed by atoms with E-state index >= 15 is 0 Å². The summed E-state index contributed by atoms with van der Waals surface area (Å²) in [6.45, 7) is 14.4. The van der Waals surface area contributed by atoms with Gasteiger partial charge in [0.15, 0.2) is 0 Å². The molecule has 0 fully saturated rings. The summed E-state index contributed by atoms with van der Waals surface area (Å²) in [5.41, 5.74) is 0. The normalized spacial score (nSPS) is 12.0. The summed E-state index contributed by atoms with van der Waals surface area (Å²) in [7, 11) is 0. The maximum atomic E-state index is 12.0. The van der Waals surface area contributed by atoms with Gasteiger partial charge >= 0.3 is 11.9 Å². The van der Waals surface area contributed by atoms with Crippen molar-refractivity contribution in [3.63, 3.8) is 0 Å². The van der Waals surface area contributed by atoms with Crippen LogP contribution in [0.25, 0.3) is 0 Å². The van der Waals surface area contributed by atoms with Crippen LogP contribution in [0.4, 0.5) is 0 Å². The van der Waals surface area contributed by atoms with Crippen LogP contribution in [0.2, 0.25) is 0 Å². The van der Waals surface area contributed by atoms with Crippen molar-refractivity contribution in [1.82, 2.24) is 0 Å². The molecule has 0 heterocycles. The van der Waals surface area contributed by atoms with E-state index < -0.39 is 0 Å². The Balaban J connectivity index is 3.20. The highest BCUT2D eigenvalue weighted by Gasteiger charge is 2.17. The highest BCUT2D eigenvalue weighted by atomic mass is 16.6. The van der Waals surface area contributed by atoms with E-state index in [0.29, 0.717) is 112 Å². The average Bonchev–Trinajstić information content (AvgIpc) is 3.18. The Hall–Kier alpha value is -1.38. The molecule has 0 spiro atoms. The molecular weight excluding hydrogens is 696 g/mol. The molecule has 12 heteroatoms. The molecule has 0 bridgehead atoms. The third kappa shape index (κ3) is 41.8. The second-order valence-corrected chi connectivity index (χ2v) is 13.5. The van der Waals surface area contributed by atoms with E-state index in [-0.39, 0.29) is 31.1 Å². The van der Waals surface area contributed by atoms with Gasteiger partial charge in [0.1, 0.15) is 13.2 Å². The molecule has 0 saturated heterocycles. The van der Waals surface area contributed by atoms with Crippen LogP contribution in [-0.2, 0) is 57.0 Å². The summed E-state index contributed by atoms with van der Waals surface area (Å²) in [5.74, 6) is -0.259. The third-order valence-corrected chi connectivity index (χ3v) is 8.78. The number of carbonyl (C=O) groups excluding carboxylic acids is 2. The molecule has 0 radical (unpaired) electrons. The Morgan fingerprint density at radius 3 is 0.981 bits per heavy atom. The predicted octanol–water partition coefficient (Wildman–Crippen LogP) is 7.90. The van der Waals surface area contributed by atoms with Crippen molar-refractivity contribution in [2.45, 2.75) is 136 Å². The minimum Gasteiger partial charge on any atom is -0.463 e. The van der Waals surface area contributed by atoms with Crippen LogP contribution in [0.5, 0.6) is 0 Å². The molecule has 0 rings (SSSR count). The van der Waals surface area contributed by atoms with E-state index in [9.17, 15) is 9.59 Å². The van der Waals surface area contributed by atoms with Gasteiger partial charge in [0.2, 0.25) is 0 Å². The Kier molecular flexibility index (Phi) is 44.8. The van der Waals surface area contributed by atoms with Gasteiger partial charge in [0.05, 0.1) is 112 Å². The Morgan fingerprint density at radius 1 is 0.352 bits per heavy atom. The van der Waals surface area contributed by atoms with E-state index in [1.165, 1.54) is 70.6 Å². The number of ether oxygens (including phenoxy) is 10. The molecular formula is C42H82O12. The maximum absolute atomic E-state index is 12.0. The van der Waals surface area contributed by atoms with Crippen LogP contribution >= 0.6 is 0 Å². The third-order valence-electron chi connectivity index (χ3n) is 8.78. The van der Waals surface area contributed by atoms with E-state index in [1.807, 2.05) is 6.92 Å². The molecule has 322 valence electrons. The zero-order valence-electron chi connectivity index (χ0n) is 34.9. The number of esters is 2. The molecule has 54 heavy (non-hydrogen) atoms. The van der Waals surface area contributed by atoms with Crippen molar-refractivity contribution in [2.24, 2.45) is 5.92 Å². The Morgan fingerprint density at radius 2 is 0.648 bits per heavy atom. The summed E-state index contributed by atoms with van der Waals surface area (Å²) in [6, 6.07) is 0. The topological polar surface area (TPSA) is 126 Å². The molecule has 0 aliphatic heterocycles. The van der Waals surface area contributed by atoms with Gasteiger partial charge in [0.25, 0.3) is 0 Å². The van der Waals surface area contributed by atoms with Crippen LogP contribution in [-0.4, -0.2) is 131 Å². The molecule has 12 nitrogen and oxygen atoms in total. The second-order valence-electron chi connectivity index (χ2n) is 13.5. The second kappa shape index (κ2) is 46.0.